The number of nitrogens with two attached hydrogens (primary N) is 1. The maximum Gasteiger partial charge on any atom is 0.244 e. The Hall–Kier alpha value is -0.550. The standard InChI is InChI=1S/C7H14N2O2S/c1-7(2,3)6(11)12-4-5(10)9-8/h4,8H2,1-3H3,(H,9,10). The maximum absolute atomic E-state index is 11.2. The van der Waals surface area contributed by atoms with Gasteiger partial charge in [-0.1, -0.05) is 32.5 Å². The minimum Gasteiger partial charge on any atom is -0.294 e. The first-order valence-electron chi connectivity index (χ1n) is 3.54. The van der Waals surface area contributed by atoms with Gasteiger partial charge in [-0.25, -0.2) is 5.84 Å². The Morgan fingerprint density at radius 3 is 2.25 bits per heavy atom. The highest BCUT2D eigenvalue weighted by molar-refractivity contribution is 8.14. The zero-order valence-electron chi connectivity index (χ0n) is 7.51. The molecule has 5 heteroatoms. The normalized spacial score (nSPS) is 11.0. The van der Waals surface area contributed by atoms with E-state index in [4.69, 9.17) is 5.84 Å². The molecule has 0 aliphatic rings. The van der Waals surface area contributed by atoms with E-state index in [0.29, 0.717) is 0 Å². The summed E-state index contributed by atoms with van der Waals surface area (Å²) >= 11 is 0.985. The van der Waals surface area contributed by atoms with Gasteiger partial charge in [0, 0.05) is 5.41 Å². The third-order valence-corrected chi connectivity index (χ3v) is 2.39. The van der Waals surface area contributed by atoms with Crippen LogP contribution in [0.4, 0.5) is 0 Å². The summed E-state index contributed by atoms with van der Waals surface area (Å²) in [4.78, 5) is 21.9. The quantitative estimate of drug-likeness (QED) is 0.373. The van der Waals surface area contributed by atoms with Crippen LogP contribution in [-0.4, -0.2) is 16.8 Å². The Labute approximate surface area is 76.2 Å². The highest BCUT2D eigenvalue weighted by atomic mass is 32.2. The van der Waals surface area contributed by atoms with Crippen molar-refractivity contribution in [1.82, 2.24) is 5.43 Å². The van der Waals surface area contributed by atoms with Crippen LogP contribution in [0.5, 0.6) is 0 Å². The molecular weight excluding hydrogens is 176 g/mol. The van der Waals surface area contributed by atoms with Crippen LogP contribution >= 0.6 is 11.8 Å². The van der Waals surface area contributed by atoms with Crippen LogP contribution in [0.25, 0.3) is 0 Å². The lowest BCUT2D eigenvalue weighted by atomic mass is 10.00. The molecule has 0 aliphatic carbocycles. The lowest BCUT2D eigenvalue weighted by molar-refractivity contribution is -0.120. The molecule has 4 nitrogen and oxygen atoms in total. The van der Waals surface area contributed by atoms with Crippen LogP contribution in [0.1, 0.15) is 20.8 Å². The van der Waals surface area contributed by atoms with E-state index in [2.05, 4.69) is 0 Å². The van der Waals surface area contributed by atoms with Crippen molar-refractivity contribution in [3.8, 4) is 0 Å². The Bertz CT molecular complexity index is 186. The summed E-state index contributed by atoms with van der Waals surface area (Å²) in [5.74, 6) is 4.60. The van der Waals surface area contributed by atoms with Crippen LogP contribution in [-0.2, 0) is 9.59 Å². The minimum atomic E-state index is -0.403. The zero-order chi connectivity index (χ0) is 9.78. The number of nitrogens with one attached hydrogen (secondary N) is 1. The van der Waals surface area contributed by atoms with Crippen LogP contribution in [0, 0.1) is 5.41 Å². The Kier molecular flexibility index (Phi) is 4.26. The molecule has 0 atom stereocenters. The summed E-state index contributed by atoms with van der Waals surface area (Å²) in [7, 11) is 0. The zero-order valence-corrected chi connectivity index (χ0v) is 8.33. The van der Waals surface area contributed by atoms with Gasteiger partial charge in [0.2, 0.25) is 5.91 Å². The molecule has 0 spiro atoms. The second-order valence-electron chi connectivity index (χ2n) is 3.39. The summed E-state index contributed by atoms with van der Waals surface area (Å²) < 4.78 is 0. The highest BCUT2D eigenvalue weighted by Gasteiger charge is 2.22. The van der Waals surface area contributed by atoms with Gasteiger partial charge in [0.15, 0.2) is 5.12 Å². The number of hydrogen-bond donors (Lipinski definition) is 2. The molecule has 0 unspecified atom stereocenters. The van der Waals surface area contributed by atoms with Crippen LogP contribution in [0.15, 0.2) is 0 Å². The van der Waals surface area contributed by atoms with Gasteiger partial charge in [-0.2, -0.15) is 0 Å². The number of hydrogen-bond acceptors (Lipinski definition) is 4. The topological polar surface area (TPSA) is 72.2 Å². The minimum absolute atomic E-state index is 0.00824. The third kappa shape index (κ3) is 4.35. The van der Waals surface area contributed by atoms with Crippen molar-refractivity contribution in [3.63, 3.8) is 0 Å². The number of carbonyl (C=O) groups is 2. The second kappa shape index (κ2) is 4.47. The predicted molar refractivity (Wildman–Crippen MR) is 49.3 cm³/mol. The largest absolute Gasteiger partial charge is 0.294 e. The Morgan fingerprint density at radius 2 is 1.92 bits per heavy atom. The Balaban J connectivity index is 3.81. The molecular formula is C7H14N2O2S. The summed E-state index contributed by atoms with van der Waals surface area (Å²) in [6, 6.07) is 0. The van der Waals surface area contributed by atoms with Gasteiger partial charge >= 0.3 is 0 Å². The molecule has 3 N–H and O–H groups in total. The van der Waals surface area contributed by atoms with E-state index in [0.717, 1.165) is 11.8 Å². The molecule has 0 aliphatic heterocycles. The van der Waals surface area contributed by atoms with E-state index >= 15 is 0 Å². The lowest BCUT2D eigenvalue weighted by Crippen LogP contribution is -2.32. The smallest absolute Gasteiger partial charge is 0.244 e. The van der Waals surface area contributed by atoms with Crippen molar-refractivity contribution in [2.45, 2.75) is 20.8 Å². The van der Waals surface area contributed by atoms with Crippen molar-refractivity contribution < 1.29 is 9.59 Å². The molecule has 0 rings (SSSR count). The highest BCUT2D eigenvalue weighted by Crippen LogP contribution is 2.22. The fraction of sp³-hybridized carbons (Fsp3) is 0.714. The average Bonchev–Trinajstić information content (AvgIpc) is 1.97. The summed E-state index contributed by atoms with van der Waals surface area (Å²) in [6.45, 7) is 5.42. The number of thioether (sulfide) groups is 1. The predicted octanol–water partition coefficient (Wildman–Crippen LogP) is 0.282. The molecule has 0 bridgehead atoms. The first kappa shape index (κ1) is 11.4. The van der Waals surface area contributed by atoms with Crippen molar-refractivity contribution in [2.75, 3.05) is 5.75 Å². The molecule has 12 heavy (non-hydrogen) atoms. The molecule has 0 radical (unpaired) electrons. The third-order valence-electron chi connectivity index (χ3n) is 1.11. The SMILES string of the molecule is CC(C)(C)C(=O)SCC(=O)NN. The van der Waals surface area contributed by atoms with Gasteiger partial charge in [0.1, 0.15) is 0 Å². The van der Waals surface area contributed by atoms with E-state index < -0.39 is 5.41 Å². The molecule has 0 saturated heterocycles. The molecule has 0 aromatic carbocycles. The van der Waals surface area contributed by atoms with Gasteiger partial charge in [-0.05, 0) is 0 Å². The van der Waals surface area contributed by atoms with E-state index in [-0.39, 0.29) is 16.8 Å². The van der Waals surface area contributed by atoms with E-state index in [1.54, 1.807) is 0 Å². The van der Waals surface area contributed by atoms with Crippen molar-refractivity contribution in [2.24, 2.45) is 11.3 Å². The van der Waals surface area contributed by atoms with Crippen molar-refractivity contribution in [3.05, 3.63) is 0 Å². The lowest BCUT2D eigenvalue weighted by Gasteiger charge is -2.14. The van der Waals surface area contributed by atoms with Crippen molar-refractivity contribution >= 4 is 22.8 Å². The number of amides is 1. The van der Waals surface area contributed by atoms with E-state index in [9.17, 15) is 9.59 Å². The van der Waals surface area contributed by atoms with Crippen LogP contribution in [0.3, 0.4) is 0 Å². The monoisotopic (exact) mass is 190 g/mol. The summed E-state index contributed by atoms with van der Waals surface area (Å²) in [5, 5.41) is -0.00824. The van der Waals surface area contributed by atoms with Gasteiger partial charge in [0.05, 0.1) is 5.75 Å². The average molecular weight is 190 g/mol. The number of hydrazine groups is 1. The molecule has 0 aromatic rings. The molecule has 0 aromatic heterocycles. The molecule has 0 heterocycles. The van der Waals surface area contributed by atoms with Crippen molar-refractivity contribution in [1.29, 1.82) is 0 Å². The summed E-state index contributed by atoms with van der Waals surface area (Å²) in [6.07, 6.45) is 0. The van der Waals surface area contributed by atoms with Crippen LogP contribution in [0.2, 0.25) is 0 Å². The maximum atomic E-state index is 11.2. The fourth-order valence-electron chi connectivity index (χ4n) is 0.389. The summed E-state index contributed by atoms with van der Waals surface area (Å²) in [5.41, 5.74) is 1.56. The molecule has 0 fully saturated rings. The van der Waals surface area contributed by atoms with E-state index in [1.807, 2.05) is 26.2 Å². The molecule has 0 saturated carbocycles. The van der Waals surface area contributed by atoms with Gasteiger partial charge in [-0.15, -0.1) is 0 Å². The van der Waals surface area contributed by atoms with Gasteiger partial charge in [-0.3, -0.25) is 15.0 Å². The number of rotatable bonds is 2. The van der Waals surface area contributed by atoms with Crippen LogP contribution < -0.4 is 11.3 Å². The second-order valence-corrected chi connectivity index (χ2v) is 4.34. The molecule has 70 valence electrons. The fourth-order valence-corrected chi connectivity index (χ4v) is 1.17. The Morgan fingerprint density at radius 1 is 1.42 bits per heavy atom. The number of carbonyl (C=O) groups excluding carboxylic acids is 2. The molecule has 1 amide bonds. The van der Waals surface area contributed by atoms with Gasteiger partial charge in [0.25, 0.3) is 0 Å². The first-order chi connectivity index (χ1) is 5.38. The first-order valence-corrected chi connectivity index (χ1v) is 4.53. The van der Waals surface area contributed by atoms with Gasteiger partial charge < -0.3 is 0 Å². The van der Waals surface area contributed by atoms with E-state index in [1.165, 1.54) is 0 Å².